The first kappa shape index (κ1) is 17.0. The molecule has 1 aromatic carbocycles. The van der Waals surface area contributed by atoms with E-state index in [-0.39, 0.29) is 17.2 Å². The van der Waals surface area contributed by atoms with E-state index >= 15 is 0 Å². The van der Waals surface area contributed by atoms with Gasteiger partial charge in [-0.25, -0.2) is 0 Å². The molecule has 1 saturated heterocycles. The standard InChI is InChI=1S/C16H20N2O2S2/c1-16(2,3)12-6-4-11(5-7-12)14(20)17-8-9-18-13(19)10-22-15(18)21/h4-7H,8-10H2,1-3H3,(H,17,20). The Morgan fingerprint density at radius 2 is 1.95 bits per heavy atom. The van der Waals surface area contributed by atoms with Gasteiger partial charge in [-0.15, -0.1) is 0 Å². The molecule has 2 rings (SSSR count). The van der Waals surface area contributed by atoms with Crippen LogP contribution in [0.5, 0.6) is 0 Å². The highest BCUT2D eigenvalue weighted by Crippen LogP contribution is 2.22. The van der Waals surface area contributed by atoms with Crippen molar-refractivity contribution < 1.29 is 9.59 Å². The van der Waals surface area contributed by atoms with Gasteiger partial charge >= 0.3 is 0 Å². The lowest BCUT2D eigenvalue weighted by molar-refractivity contribution is -0.123. The summed E-state index contributed by atoms with van der Waals surface area (Å²) >= 11 is 6.46. The smallest absolute Gasteiger partial charge is 0.251 e. The van der Waals surface area contributed by atoms with E-state index in [2.05, 4.69) is 26.1 Å². The van der Waals surface area contributed by atoms with Crippen LogP contribution in [-0.2, 0) is 10.2 Å². The summed E-state index contributed by atoms with van der Waals surface area (Å²) in [6.45, 7) is 7.23. The fourth-order valence-electron chi connectivity index (χ4n) is 2.10. The molecular formula is C16H20N2O2S2. The second kappa shape index (κ2) is 6.79. The van der Waals surface area contributed by atoms with E-state index in [0.29, 0.717) is 28.7 Å². The van der Waals surface area contributed by atoms with Crippen LogP contribution in [0.4, 0.5) is 0 Å². The van der Waals surface area contributed by atoms with Crippen LogP contribution in [0.25, 0.3) is 0 Å². The lowest BCUT2D eigenvalue weighted by Crippen LogP contribution is -2.37. The summed E-state index contributed by atoms with van der Waals surface area (Å²) in [5, 5.41) is 2.82. The van der Waals surface area contributed by atoms with E-state index in [0.717, 1.165) is 0 Å². The molecule has 6 heteroatoms. The quantitative estimate of drug-likeness (QED) is 0.859. The number of amides is 2. The summed E-state index contributed by atoms with van der Waals surface area (Å²) < 4.78 is 0.591. The molecule has 1 heterocycles. The molecule has 0 saturated carbocycles. The van der Waals surface area contributed by atoms with Crippen LogP contribution < -0.4 is 5.32 Å². The third kappa shape index (κ3) is 4.08. The van der Waals surface area contributed by atoms with Gasteiger partial charge in [0.25, 0.3) is 5.91 Å². The Bertz CT molecular complexity index is 575. The van der Waals surface area contributed by atoms with Crippen molar-refractivity contribution in [2.45, 2.75) is 26.2 Å². The van der Waals surface area contributed by atoms with E-state index in [1.54, 1.807) is 4.90 Å². The van der Waals surface area contributed by atoms with Crippen molar-refractivity contribution in [3.63, 3.8) is 0 Å². The number of hydrogen-bond acceptors (Lipinski definition) is 4. The van der Waals surface area contributed by atoms with Crippen molar-refractivity contribution >= 4 is 40.1 Å². The molecular weight excluding hydrogens is 316 g/mol. The number of rotatable bonds is 4. The molecule has 1 aliphatic rings. The average molecular weight is 336 g/mol. The van der Waals surface area contributed by atoms with E-state index in [4.69, 9.17) is 12.2 Å². The van der Waals surface area contributed by atoms with E-state index in [1.165, 1.54) is 17.3 Å². The minimum Gasteiger partial charge on any atom is -0.350 e. The molecule has 1 aromatic rings. The zero-order valence-corrected chi connectivity index (χ0v) is 14.6. The van der Waals surface area contributed by atoms with Gasteiger partial charge in [0.05, 0.1) is 5.75 Å². The molecule has 1 fully saturated rings. The number of nitrogens with zero attached hydrogens (tertiary/aromatic N) is 1. The zero-order valence-electron chi connectivity index (χ0n) is 13.0. The predicted octanol–water partition coefficient (Wildman–Crippen LogP) is 2.57. The maximum Gasteiger partial charge on any atom is 0.251 e. The Morgan fingerprint density at radius 1 is 1.32 bits per heavy atom. The summed E-state index contributed by atoms with van der Waals surface area (Å²) in [6.07, 6.45) is 0. The van der Waals surface area contributed by atoms with Crippen molar-refractivity contribution in [2.24, 2.45) is 0 Å². The van der Waals surface area contributed by atoms with Gasteiger partial charge in [0.2, 0.25) is 5.91 Å². The molecule has 4 nitrogen and oxygen atoms in total. The molecule has 0 unspecified atom stereocenters. The third-order valence-electron chi connectivity index (χ3n) is 3.47. The highest BCUT2D eigenvalue weighted by atomic mass is 32.2. The van der Waals surface area contributed by atoms with Crippen molar-refractivity contribution in [1.29, 1.82) is 0 Å². The van der Waals surface area contributed by atoms with Gasteiger partial charge in [0.15, 0.2) is 0 Å². The Kier molecular flexibility index (Phi) is 5.24. The van der Waals surface area contributed by atoms with E-state index < -0.39 is 0 Å². The molecule has 0 bridgehead atoms. The maximum absolute atomic E-state index is 12.1. The molecule has 0 radical (unpaired) electrons. The van der Waals surface area contributed by atoms with Crippen LogP contribution in [0.2, 0.25) is 0 Å². The second-order valence-corrected chi connectivity index (χ2v) is 7.79. The number of nitrogens with one attached hydrogen (secondary N) is 1. The number of carbonyl (C=O) groups excluding carboxylic acids is 2. The summed E-state index contributed by atoms with van der Waals surface area (Å²) in [5.41, 5.74) is 1.88. The first-order valence-corrected chi connectivity index (χ1v) is 8.54. The summed E-state index contributed by atoms with van der Waals surface area (Å²) in [5.74, 6) is 0.283. The fraction of sp³-hybridized carbons (Fsp3) is 0.438. The van der Waals surface area contributed by atoms with Gasteiger partial charge in [-0.05, 0) is 23.1 Å². The van der Waals surface area contributed by atoms with Crippen LogP contribution in [-0.4, -0.2) is 39.9 Å². The van der Waals surface area contributed by atoms with Gasteiger partial charge < -0.3 is 5.32 Å². The average Bonchev–Trinajstić information content (AvgIpc) is 2.78. The van der Waals surface area contributed by atoms with Crippen LogP contribution in [0, 0.1) is 0 Å². The first-order valence-electron chi connectivity index (χ1n) is 7.15. The summed E-state index contributed by atoms with van der Waals surface area (Å²) in [7, 11) is 0. The van der Waals surface area contributed by atoms with Gasteiger partial charge in [0, 0.05) is 18.7 Å². The Balaban J connectivity index is 1.87. The van der Waals surface area contributed by atoms with E-state index in [1.807, 2.05) is 24.3 Å². The SMILES string of the molecule is CC(C)(C)c1ccc(C(=O)NCCN2C(=O)CSC2=S)cc1. The van der Waals surface area contributed by atoms with Crippen molar-refractivity contribution in [1.82, 2.24) is 10.2 Å². The van der Waals surface area contributed by atoms with Crippen LogP contribution >= 0.6 is 24.0 Å². The van der Waals surface area contributed by atoms with Gasteiger partial charge in [-0.2, -0.15) is 0 Å². The zero-order chi connectivity index (χ0) is 16.3. The monoisotopic (exact) mass is 336 g/mol. The second-order valence-electron chi connectivity index (χ2n) is 6.18. The lowest BCUT2D eigenvalue weighted by Gasteiger charge is -2.19. The summed E-state index contributed by atoms with van der Waals surface area (Å²) in [4.78, 5) is 25.2. The first-order chi connectivity index (χ1) is 10.3. The largest absolute Gasteiger partial charge is 0.350 e. The third-order valence-corrected chi connectivity index (χ3v) is 4.91. The molecule has 118 valence electrons. The predicted molar refractivity (Wildman–Crippen MR) is 94.2 cm³/mol. The minimum absolute atomic E-state index is 0.0128. The number of carbonyl (C=O) groups is 2. The van der Waals surface area contributed by atoms with Gasteiger partial charge in [-0.1, -0.05) is 56.9 Å². The van der Waals surface area contributed by atoms with Crippen LogP contribution in [0.3, 0.4) is 0 Å². The van der Waals surface area contributed by atoms with Crippen LogP contribution in [0.15, 0.2) is 24.3 Å². The highest BCUT2D eigenvalue weighted by Gasteiger charge is 2.26. The number of thioether (sulfide) groups is 1. The van der Waals surface area contributed by atoms with E-state index in [9.17, 15) is 9.59 Å². The Labute approximate surface area is 140 Å². The van der Waals surface area contributed by atoms with Gasteiger partial charge in [-0.3, -0.25) is 14.5 Å². The Morgan fingerprint density at radius 3 is 2.45 bits per heavy atom. The highest BCUT2D eigenvalue weighted by molar-refractivity contribution is 8.23. The molecule has 2 amide bonds. The fourth-order valence-corrected chi connectivity index (χ4v) is 3.22. The number of benzene rings is 1. The molecule has 0 atom stereocenters. The Hall–Kier alpha value is -1.40. The van der Waals surface area contributed by atoms with Crippen molar-refractivity contribution in [3.05, 3.63) is 35.4 Å². The summed E-state index contributed by atoms with van der Waals surface area (Å²) in [6, 6.07) is 7.62. The minimum atomic E-state index is -0.134. The van der Waals surface area contributed by atoms with Crippen molar-refractivity contribution in [3.8, 4) is 0 Å². The number of hydrogen-bond donors (Lipinski definition) is 1. The topological polar surface area (TPSA) is 49.4 Å². The normalized spacial score (nSPS) is 15.3. The van der Waals surface area contributed by atoms with Crippen molar-refractivity contribution in [2.75, 3.05) is 18.8 Å². The molecule has 22 heavy (non-hydrogen) atoms. The lowest BCUT2D eigenvalue weighted by atomic mass is 9.87. The van der Waals surface area contributed by atoms with Crippen LogP contribution in [0.1, 0.15) is 36.7 Å². The molecule has 0 spiro atoms. The molecule has 1 aliphatic heterocycles. The molecule has 1 N–H and O–H groups in total. The molecule has 0 aliphatic carbocycles. The maximum atomic E-state index is 12.1. The molecule has 0 aromatic heterocycles. The number of thiocarbonyl (C=S) groups is 1. The van der Waals surface area contributed by atoms with Gasteiger partial charge in [0.1, 0.15) is 4.32 Å².